The highest BCUT2D eigenvalue weighted by atomic mass is 35.5. The van der Waals surface area contributed by atoms with E-state index in [1.807, 2.05) is 0 Å². The summed E-state index contributed by atoms with van der Waals surface area (Å²) in [6, 6.07) is 13.3. The maximum Gasteiger partial charge on any atom is 0.236 e. The summed E-state index contributed by atoms with van der Waals surface area (Å²) in [6.07, 6.45) is 0. The first-order chi connectivity index (χ1) is 9.85. The van der Waals surface area contributed by atoms with Crippen molar-refractivity contribution < 1.29 is 8.42 Å². The molecule has 0 fully saturated rings. The van der Waals surface area contributed by atoms with E-state index in [9.17, 15) is 8.42 Å². The van der Waals surface area contributed by atoms with Crippen LogP contribution >= 0.6 is 23.8 Å². The van der Waals surface area contributed by atoms with Gasteiger partial charge in [0.25, 0.3) is 0 Å². The number of sulfonamides is 1. The number of thiocarbonyl (C=S) groups is 1. The van der Waals surface area contributed by atoms with Crippen molar-refractivity contribution >= 4 is 44.5 Å². The monoisotopic (exact) mass is 340 g/mol. The molecule has 4 nitrogen and oxygen atoms in total. The molecule has 7 heteroatoms. The van der Waals surface area contributed by atoms with Gasteiger partial charge in [-0.2, -0.15) is 0 Å². The Balaban J connectivity index is 2.15. The summed E-state index contributed by atoms with van der Waals surface area (Å²) in [4.78, 5) is 0.236. The molecular weight excluding hydrogens is 328 g/mol. The molecule has 21 heavy (non-hydrogen) atoms. The zero-order valence-electron chi connectivity index (χ0n) is 10.9. The fraction of sp³-hybridized carbons (Fsp3) is 0.0714. The molecule has 0 amide bonds. The molecule has 0 aliphatic heterocycles. The summed E-state index contributed by atoms with van der Waals surface area (Å²) < 4.78 is 26.7. The minimum absolute atomic E-state index is 0.161. The van der Waals surface area contributed by atoms with Crippen LogP contribution < -0.4 is 10.5 Å². The normalized spacial score (nSPS) is 11.1. The van der Waals surface area contributed by atoms with E-state index in [1.165, 1.54) is 0 Å². The van der Waals surface area contributed by atoms with Gasteiger partial charge in [-0.25, -0.2) is 8.42 Å². The van der Waals surface area contributed by atoms with Crippen LogP contribution in [-0.2, 0) is 15.8 Å². The molecule has 2 aromatic rings. The number of benzene rings is 2. The quantitative estimate of drug-likeness (QED) is 0.821. The van der Waals surface area contributed by atoms with E-state index in [-0.39, 0.29) is 10.7 Å². The molecule has 0 saturated heterocycles. The van der Waals surface area contributed by atoms with Gasteiger partial charge < -0.3 is 5.73 Å². The summed E-state index contributed by atoms with van der Waals surface area (Å²) in [5.74, 6) is -0.161. The highest BCUT2D eigenvalue weighted by Gasteiger charge is 2.12. The van der Waals surface area contributed by atoms with Crippen LogP contribution in [0.5, 0.6) is 0 Å². The first-order valence-corrected chi connectivity index (χ1v) is 8.44. The number of rotatable bonds is 5. The van der Waals surface area contributed by atoms with Gasteiger partial charge in [0.15, 0.2) is 0 Å². The van der Waals surface area contributed by atoms with Crippen molar-refractivity contribution in [3.8, 4) is 0 Å². The molecular formula is C14H13ClN2O2S2. The maximum atomic E-state index is 12.1. The lowest BCUT2D eigenvalue weighted by atomic mass is 10.1. The van der Waals surface area contributed by atoms with E-state index in [1.54, 1.807) is 48.5 Å². The molecule has 0 heterocycles. The maximum absolute atomic E-state index is 12.1. The van der Waals surface area contributed by atoms with Crippen molar-refractivity contribution in [2.75, 3.05) is 4.72 Å². The number of halogens is 1. The van der Waals surface area contributed by atoms with Gasteiger partial charge in [0.05, 0.1) is 5.75 Å². The average molecular weight is 341 g/mol. The predicted molar refractivity (Wildman–Crippen MR) is 90.0 cm³/mol. The van der Waals surface area contributed by atoms with E-state index in [0.717, 1.165) is 0 Å². The van der Waals surface area contributed by atoms with Gasteiger partial charge in [-0.05, 0) is 35.9 Å². The molecule has 0 aliphatic rings. The third-order valence-electron chi connectivity index (χ3n) is 2.69. The lowest BCUT2D eigenvalue weighted by Gasteiger charge is -2.09. The van der Waals surface area contributed by atoms with Gasteiger partial charge in [0, 0.05) is 16.3 Å². The Bertz CT molecular complexity index is 759. The SMILES string of the molecule is NC(=S)c1cccc(CS(=O)(=O)Nc2ccc(Cl)cc2)c1. The first-order valence-electron chi connectivity index (χ1n) is 6.00. The third kappa shape index (κ3) is 4.70. The first kappa shape index (κ1) is 15.8. The van der Waals surface area contributed by atoms with Crippen LogP contribution in [-0.4, -0.2) is 13.4 Å². The van der Waals surface area contributed by atoms with Crippen LogP contribution in [0.3, 0.4) is 0 Å². The third-order valence-corrected chi connectivity index (χ3v) is 4.43. The molecule has 2 aromatic carbocycles. The second-order valence-corrected chi connectivity index (χ2v) is 7.03. The minimum Gasteiger partial charge on any atom is -0.389 e. The smallest absolute Gasteiger partial charge is 0.236 e. The summed E-state index contributed by atoms with van der Waals surface area (Å²) in [7, 11) is -3.52. The van der Waals surface area contributed by atoms with Crippen molar-refractivity contribution in [2.24, 2.45) is 5.73 Å². The van der Waals surface area contributed by atoms with E-state index in [2.05, 4.69) is 4.72 Å². The van der Waals surface area contributed by atoms with Gasteiger partial charge >= 0.3 is 0 Å². The highest BCUT2D eigenvalue weighted by molar-refractivity contribution is 7.91. The molecule has 0 unspecified atom stereocenters. The Morgan fingerprint density at radius 3 is 2.48 bits per heavy atom. The largest absolute Gasteiger partial charge is 0.389 e. The Morgan fingerprint density at radius 2 is 1.86 bits per heavy atom. The Morgan fingerprint density at radius 1 is 1.19 bits per heavy atom. The second-order valence-electron chi connectivity index (χ2n) is 4.43. The van der Waals surface area contributed by atoms with Crippen LogP contribution in [0.2, 0.25) is 5.02 Å². The molecule has 0 aromatic heterocycles. The second kappa shape index (κ2) is 6.43. The molecule has 0 aliphatic carbocycles. The van der Waals surface area contributed by atoms with Crippen LogP contribution in [0.4, 0.5) is 5.69 Å². The number of hydrogen-bond acceptors (Lipinski definition) is 3. The van der Waals surface area contributed by atoms with Crippen molar-refractivity contribution in [3.05, 3.63) is 64.7 Å². The summed E-state index contributed by atoms with van der Waals surface area (Å²) >= 11 is 10.6. The van der Waals surface area contributed by atoms with Crippen LogP contribution in [0.1, 0.15) is 11.1 Å². The van der Waals surface area contributed by atoms with Gasteiger partial charge in [-0.3, -0.25) is 4.72 Å². The average Bonchev–Trinajstić information content (AvgIpc) is 2.41. The minimum atomic E-state index is -3.52. The zero-order chi connectivity index (χ0) is 15.5. The number of hydrogen-bond donors (Lipinski definition) is 2. The number of nitrogens with one attached hydrogen (secondary N) is 1. The fourth-order valence-corrected chi connectivity index (χ4v) is 3.21. The van der Waals surface area contributed by atoms with E-state index >= 15 is 0 Å². The predicted octanol–water partition coefficient (Wildman–Crippen LogP) is 2.92. The Kier molecular flexibility index (Phi) is 4.82. The van der Waals surface area contributed by atoms with Gasteiger partial charge in [0.1, 0.15) is 4.99 Å². The lowest BCUT2D eigenvalue weighted by Crippen LogP contribution is -2.16. The molecule has 0 saturated carbocycles. The zero-order valence-corrected chi connectivity index (χ0v) is 13.3. The van der Waals surface area contributed by atoms with Gasteiger partial charge in [0.2, 0.25) is 10.0 Å². The van der Waals surface area contributed by atoms with E-state index < -0.39 is 10.0 Å². The molecule has 3 N–H and O–H groups in total. The fourth-order valence-electron chi connectivity index (χ4n) is 1.77. The molecule has 0 radical (unpaired) electrons. The molecule has 0 spiro atoms. The van der Waals surface area contributed by atoms with Crippen molar-refractivity contribution in [1.82, 2.24) is 0 Å². The summed E-state index contributed by atoms with van der Waals surface area (Å²) in [5, 5.41) is 0.544. The van der Waals surface area contributed by atoms with Gasteiger partial charge in [-0.1, -0.05) is 42.0 Å². The van der Waals surface area contributed by atoms with Gasteiger partial charge in [-0.15, -0.1) is 0 Å². The number of nitrogens with two attached hydrogens (primary N) is 1. The summed E-state index contributed by atoms with van der Waals surface area (Å²) in [5.41, 5.74) is 7.26. The molecule has 0 bridgehead atoms. The van der Waals surface area contributed by atoms with Crippen molar-refractivity contribution in [2.45, 2.75) is 5.75 Å². The van der Waals surface area contributed by atoms with Crippen LogP contribution in [0, 0.1) is 0 Å². The summed E-state index contributed by atoms with van der Waals surface area (Å²) in [6.45, 7) is 0. The molecule has 0 atom stereocenters. The van der Waals surface area contributed by atoms with E-state index in [4.69, 9.17) is 29.6 Å². The van der Waals surface area contributed by atoms with Crippen molar-refractivity contribution in [1.29, 1.82) is 0 Å². The standard InChI is InChI=1S/C14H13ClN2O2S2/c15-12-4-6-13(7-5-12)17-21(18,19)9-10-2-1-3-11(8-10)14(16)20/h1-8,17H,9H2,(H2,16,20). The van der Waals surface area contributed by atoms with Crippen LogP contribution in [0.25, 0.3) is 0 Å². The Labute approximate surface area is 134 Å². The molecule has 2 rings (SSSR count). The van der Waals surface area contributed by atoms with E-state index in [0.29, 0.717) is 21.8 Å². The highest BCUT2D eigenvalue weighted by Crippen LogP contribution is 2.16. The van der Waals surface area contributed by atoms with Crippen molar-refractivity contribution in [3.63, 3.8) is 0 Å². The molecule has 110 valence electrons. The Hall–Kier alpha value is -1.63. The number of anilines is 1. The topological polar surface area (TPSA) is 72.2 Å². The lowest BCUT2D eigenvalue weighted by molar-refractivity contribution is 0.600. The van der Waals surface area contributed by atoms with Crippen LogP contribution in [0.15, 0.2) is 48.5 Å².